The quantitative estimate of drug-likeness (QED) is 0.489. The fourth-order valence-electron chi connectivity index (χ4n) is 3.35. The molecule has 0 saturated heterocycles. The second-order valence-corrected chi connectivity index (χ2v) is 11.1. The van der Waals surface area contributed by atoms with Crippen LogP contribution in [0.4, 0.5) is 5.69 Å². The molecular formula is C23H30Cl2N2O4S. The Morgan fingerprint density at radius 3 is 2.34 bits per heavy atom. The van der Waals surface area contributed by atoms with Crippen molar-refractivity contribution in [3.05, 3.63) is 58.1 Å². The molecule has 0 aliphatic heterocycles. The average molecular weight is 501 g/mol. The number of nitrogens with one attached hydrogen (secondary N) is 1. The molecule has 0 radical (unpaired) electrons. The first-order valence-electron chi connectivity index (χ1n) is 10.3. The van der Waals surface area contributed by atoms with E-state index in [1.165, 1.54) is 18.2 Å². The number of hydrogen-bond donors (Lipinski definition) is 1. The summed E-state index contributed by atoms with van der Waals surface area (Å²) in [4.78, 5) is 12.9. The molecule has 2 rings (SSSR count). The first kappa shape index (κ1) is 26.3. The van der Waals surface area contributed by atoms with Crippen LogP contribution in [0.25, 0.3) is 0 Å². The van der Waals surface area contributed by atoms with E-state index in [2.05, 4.69) is 26.1 Å². The van der Waals surface area contributed by atoms with Gasteiger partial charge in [0.05, 0.1) is 28.5 Å². The third-order valence-electron chi connectivity index (χ3n) is 4.84. The van der Waals surface area contributed by atoms with Crippen molar-refractivity contribution in [3.8, 4) is 5.75 Å². The first-order valence-corrected chi connectivity index (χ1v) is 12.9. The Balaban J connectivity index is 2.11. The van der Waals surface area contributed by atoms with Gasteiger partial charge in [-0.15, -0.1) is 0 Å². The summed E-state index contributed by atoms with van der Waals surface area (Å²) in [6, 6.07) is 11.3. The molecule has 0 aromatic heterocycles. The summed E-state index contributed by atoms with van der Waals surface area (Å²) in [6.07, 6.45) is 1.32. The average Bonchev–Trinajstić information content (AvgIpc) is 2.70. The predicted molar refractivity (Wildman–Crippen MR) is 132 cm³/mol. The number of para-hydroxylation sites is 1. The van der Waals surface area contributed by atoms with Crippen LogP contribution in [0.3, 0.4) is 0 Å². The van der Waals surface area contributed by atoms with Gasteiger partial charge in [0.15, 0.2) is 0 Å². The zero-order chi connectivity index (χ0) is 24.1. The standard InChI is InChI=1S/C23H30Cl2N2O4S/c1-6-20(27(32(5,29)30)16-11-12-18(24)19(25)15-16)22(28)26-13-14-31-21-10-8-7-9-17(21)23(2,3)4/h7-12,15,20H,6,13-14H2,1-5H3,(H,26,28). The van der Waals surface area contributed by atoms with Crippen molar-refractivity contribution in [2.45, 2.75) is 45.6 Å². The summed E-state index contributed by atoms with van der Waals surface area (Å²) < 4.78 is 32.0. The van der Waals surface area contributed by atoms with E-state index in [0.717, 1.165) is 21.9 Å². The minimum Gasteiger partial charge on any atom is -0.491 e. The van der Waals surface area contributed by atoms with E-state index < -0.39 is 22.0 Å². The Bertz CT molecular complexity index is 1050. The summed E-state index contributed by atoms with van der Waals surface area (Å²) in [6.45, 7) is 8.53. The monoisotopic (exact) mass is 500 g/mol. The smallest absolute Gasteiger partial charge is 0.244 e. The van der Waals surface area contributed by atoms with Crippen LogP contribution in [0.15, 0.2) is 42.5 Å². The highest BCUT2D eigenvalue weighted by Gasteiger charge is 2.31. The van der Waals surface area contributed by atoms with Crippen LogP contribution >= 0.6 is 23.2 Å². The van der Waals surface area contributed by atoms with Gasteiger partial charge in [-0.3, -0.25) is 9.10 Å². The topological polar surface area (TPSA) is 75.7 Å². The Morgan fingerprint density at radius 1 is 1.12 bits per heavy atom. The van der Waals surface area contributed by atoms with E-state index in [0.29, 0.717) is 5.02 Å². The summed E-state index contributed by atoms with van der Waals surface area (Å²) >= 11 is 12.0. The molecule has 0 saturated carbocycles. The molecular weight excluding hydrogens is 471 g/mol. The van der Waals surface area contributed by atoms with E-state index >= 15 is 0 Å². The zero-order valence-corrected chi connectivity index (χ0v) is 21.3. The van der Waals surface area contributed by atoms with E-state index in [-0.39, 0.29) is 35.7 Å². The largest absolute Gasteiger partial charge is 0.491 e. The molecule has 1 atom stereocenters. The molecule has 0 aliphatic rings. The van der Waals surface area contributed by atoms with Gasteiger partial charge in [-0.1, -0.05) is 69.1 Å². The first-order chi connectivity index (χ1) is 14.9. The Hall–Kier alpha value is -1.96. The highest BCUT2D eigenvalue weighted by Crippen LogP contribution is 2.31. The maximum Gasteiger partial charge on any atom is 0.244 e. The van der Waals surface area contributed by atoms with Crippen molar-refractivity contribution in [1.82, 2.24) is 5.32 Å². The minimum atomic E-state index is -3.76. The van der Waals surface area contributed by atoms with E-state index in [1.807, 2.05) is 24.3 Å². The maximum absolute atomic E-state index is 12.9. The van der Waals surface area contributed by atoms with Crippen LogP contribution in [-0.2, 0) is 20.2 Å². The summed E-state index contributed by atoms with van der Waals surface area (Å²) in [5, 5.41) is 3.29. The molecule has 1 unspecified atom stereocenters. The maximum atomic E-state index is 12.9. The number of amides is 1. The van der Waals surface area contributed by atoms with Crippen LogP contribution in [0.5, 0.6) is 5.75 Å². The van der Waals surface area contributed by atoms with Gasteiger partial charge in [-0.2, -0.15) is 0 Å². The number of benzene rings is 2. The molecule has 2 aromatic carbocycles. The number of carbonyl (C=O) groups is 1. The summed E-state index contributed by atoms with van der Waals surface area (Å²) in [7, 11) is -3.76. The van der Waals surface area contributed by atoms with Gasteiger partial charge in [0.2, 0.25) is 15.9 Å². The molecule has 0 fully saturated rings. The number of halogens is 2. The molecule has 1 N–H and O–H groups in total. The lowest BCUT2D eigenvalue weighted by Crippen LogP contribution is -2.50. The van der Waals surface area contributed by atoms with Gasteiger partial charge in [-0.05, 0) is 41.7 Å². The van der Waals surface area contributed by atoms with Crippen LogP contribution < -0.4 is 14.4 Å². The molecule has 0 spiro atoms. The van der Waals surface area contributed by atoms with Crippen molar-refractivity contribution < 1.29 is 17.9 Å². The molecule has 6 nitrogen and oxygen atoms in total. The Kier molecular flexibility index (Phi) is 8.85. The van der Waals surface area contributed by atoms with Crippen LogP contribution in [-0.4, -0.2) is 39.8 Å². The molecule has 0 aliphatic carbocycles. The van der Waals surface area contributed by atoms with Crippen molar-refractivity contribution in [1.29, 1.82) is 0 Å². The minimum absolute atomic E-state index is 0.0804. The number of hydrogen-bond acceptors (Lipinski definition) is 4. The lowest BCUT2D eigenvalue weighted by atomic mass is 9.86. The third kappa shape index (κ3) is 6.77. The highest BCUT2D eigenvalue weighted by atomic mass is 35.5. The fraction of sp³-hybridized carbons (Fsp3) is 0.435. The predicted octanol–water partition coefficient (Wildman–Crippen LogP) is 5.03. The molecule has 176 valence electrons. The number of rotatable bonds is 9. The van der Waals surface area contributed by atoms with Crippen LogP contribution in [0.1, 0.15) is 39.7 Å². The molecule has 0 heterocycles. The second-order valence-electron chi connectivity index (χ2n) is 8.47. The Labute approximate surface area is 200 Å². The van der Waals surface area contributed by atoms with Gasteiger partial charge < -0.3 is 10.1 Å². The molecule has 0 bridgehead atoms. The number of carbonyl (C=O) groups excluding carboxylic acids is 1. The number of sulfonamides is 1. The number of ether oxygens (including phenoxy) is 1. The molecule has 32 heavy (non-hydrogen) atoms. The summed E-state index contributed by atoms with van der Waals surface area (Å²) in [5.41, 5.74) is 1.27. The van der Waals surface area contributed by atoms with Crippen molar-refractivity contribution in [2.75, 3.05) is 23.7 Å². The van der Waals surface area contributed by atoms with E-state index in [9.17, 15) is 13.2 Å². The molecule has 9 heteroatoms. The SMILES string of the molecule is CCC(C(=O)NCCOc1ccccc1C(C)(C)C)N(c1ccc(Cl)c(Cl)c1)S(C)(=O)=O. The van der Waals surface area contributed by atoms with Crippen molar-refractivity contribution in [3.63, 3.8) is 0 Å². The van der Waals surface area contributed by atoms with Crippen molar-refractivity contribution >= 4 is 44.8 Å². The lowest BCUT2D eigenvalue weighted by molar-refractivity contribution is -0.122. The fourth-order valence-corrected chi connectivity index (χ4v) is 4.84. The van der Waals surface area contributed by atoms with Gasteiger partial charge in [0.1, 0.15) is 18.4 Å². The van der Waals surface area contributed by atoms with E-state index in [1.54, 1.807) is 6.92 Å². The molecule has 2 aromatic rings. The van der Waals surface area contributed by atoms with Gasteiger partial charge >= 0.3 is 0 Å². The zero-order valence-electron chi connectivity index (χ0n) is 19.0. The van der Waals surface area contributed by atoms with Gasteiger partial charge in [-0.25, -0.2) is 8.42 Å². The highest BCUT2D eigenvalue weighted by molar-refractivity contribution is 7.92. The second kappa shape index (κ2) is 10.8. The van der Waals surface area contributed by atoms with Crippen LogP contribution in [0, 0.1) is 0 Å². The lowest BCUT2D eigenvalue weighted by Gasteiger charge is -2.30. The van der Waals surface area contributed by atoms with Gasteiger partial charge in [0, 0.05) is 0 Å². The number of anilines is 1. The van der Waals surface area contributed by atoms with Crippen LogP contribution in [0.2, 0.25) is 10.0 Å². The van der Waals surface area contributed by atoms with Crippen molar-refractivity contribution in [2.24, 2.45) is 0 Å². The van der Waals surface area contributed by atoms with Gasteiger partial charge in [0.25, 0.3) is 0 Å². The number of nitrogens with zero attached hydrogens (tertiary/aromatic N) is 1. The third-order valence-corrected chi connectivity index (χ3v) is 6.76. The van der Waals surface area contributed by atoms with E-state index in [4.69, 9.17) is 27.9 Å². The Morgan fingerprint density at radius 2 is 1.78 bits per heavy atom. The summed E-state index contributed by atoms with van der Waals surface area (Å²) in [5.74, 6) is 0.339. The molecule has 1 amide bonds. The normalized spacial score (nSPS) is 12.8.